The van der Waals surface area contributed by atoms with Crippen LogP contribution in [0, 0.1) is 5.92 Å². The van der Waals surface area contributed by atoms with Crippen LogP contribution in [-0.2, 0) is 4.79 Å². The van der Waals surface area contributed by atoms with Crippen LogP contribution in [-0.4, -0.2) is 27.9 Å². The molecule has 1 aromatic heterocycles. The lowest BCUT2D eigenvalue weighted by atomic mass is 10.1. The Labute approximate surface area is 138 Å². The Morgan fingerprint density at radius 2 is 1.95 bits per heavy atom. The average molecular weight is 336 g/mol. The van der Waals surface area contributed by atoms with E-state index in [1.54, 1.807) is 0 Å². The summed E-state index contributed by atoms with van der Waals surface area (Å²) in [6.07, 6.45) is 0. The van der Waals surface area contributed by atoms with Gasteiger partial charge in [0, 0.05) is 11.7 Å². The summed E-state index contributed by atoms with van der Waals surface area (Å²) in [4.78, 5) is 11.8. The van der Waals surface area contributed by atoms with Crippen molar-refractivity contribution in [2.75, 3.05) is 11.1 Å². The maximum Gasteiger partial charge on any atom is 0.230 e. The van der Waals surface area contributed by atoms with E-state index in [1.165, 1.54) is 23.1 Å². The van der Waals surface area contributed by atoms with Crippen molar-refractivity contribution in [1.29, 1.82) is 0 Å². The molecule has 5 nitrogen and oxygen atoms in total. The monoisotopic (exact) mass is 336 g/mol. The molecule has 0 aliphatic carbocycles. The number of aromatic nitrogens is 2. The predicted octanol–water partition coefficient (Wildman–Crippen LogP) is 3.53. The number of thioether (sulfide) groups is 1. The van der Waals surface area contributed by atoms with Gasteiger partial charge in [0.2, 0.25) is 11.0 Å². The van der Waals surface area contributed by atoms with Gasteiger partial charge in [0.05, 0.1) is 5.75 Å². The highest BCUT2D eigenvalue weighted by Gasteiger charge is 2.12. The minimum atomic E-state index is 0.0268. The van der Waals surface area contributed by atoms with E-state index < -0.39 is 0 Å². The molecule has 1 atom stereocenters. The Morgan fingerprint density at radius 3 is 2.64 bits per heavy atom. The number of hydrogen-bond donors (Lipinski definition) is 2. The van der Waals surface area contributed by atoms with Crippen LogP contribution in [0.2, 0.25) is 0 Å². The van der Waals surface area contributed by atoms with E-state index in [0.29, 0.717) is 11.7 Å². The first-order valence-electron chi connectivity index (χ1n) is 7.12. The number of benzene rings is 1. The second-order valence-corrected chi connectivity index (χ2v) is 7.45. The van der Waals surface area contributed by atoms with Gasteiger partial charge >= 0.3 is 0 Å². The van der Waals surface area contributed by atoms with Gasteiger partial charge in [0.25, 0.3) is 0 Å². The molecule has 1 aromatic carbocycles. The van der Waals surface area contributed by atoms with Crippen molar-refractivity contribution < 1.29 is 4.79 Å². The lowest BCUT2D eigenvalue weighted by molar-refractivity contribution is -0.119. The number of nitrogens with zero attached hydrogens (tertiary/aromatic N) is 2. The van der Waals surface area contributed by atoms with Gasteiger partial charge in [-0.2, -0.15) is 0 Å². The van der Waals surface area contributed by atoms with Crippen LogP contribution >= 0.6 is 23.1 Å². The van der Waals surface area contributed by atoms with Gasteiger partial charge in [0.15, 0.2) is 4.34 Å². The second-order valence-electron chi connectivity index (χ2n) is 5.25. The van der Waals surface area contributed by atoms with Crippen LogP contribution in [0.3, 0.4) is 0 Å². The van der Waals surface area contributed by atoms with Crippen LogP contribution in [0.25, 0.3) is 0 Å². The molecule has 0 saturated heterocycles. The molecule has 0 fully saturated rings. The predicted molar refractivity (Wildman–Crippen MR) is 92.8 cm³/mol. The number of nitrogens with one attached hydrogen (secondary N) is 2. The summed E-state index contributed by atoms with van der Waals surface area (Å²) in [7, 11) is 0. The van der Waals surface area contributed by atoms with Gasteiger partial charge in [-0.3, -0.25) is 4.79 Å². The molecule has 0 unspecified atom stereocenters. The van der Waals surface area contributed by atoms with Crippen molar-refractivity contribution in [3.8, 4) is 0 Å². The summed E-state index contributed by atoms with van der Waals surface area (Å²) in [5.41, 5.74) is 0.971. The number of carbonyl (C=O) groups is 1. The molecule has 1 heterocycles. The molecule has 118 valence electrons. The van der Waals surface area contributed by atoms with E-state index in [9.17, 15) is 4.79 Å². The van der Waals surface area contributed by atoms with Crippen molar-refractivity contribution in [1.82, 2.24) is 15.5 Å². The Bertz CT molecular complexity index is 601. The molecule has 0 radical (unpaired) electrons. The van der Waals surface area contributed by atoms with Gasteiger partial charge in [-0.1, -0.05) is 55.1 Å². The van der Waals surface area contributed by atoms with Crippen molar-refractivity contribution >= 4 is 39.8 Å². The van der Waals surface area contributed by atoms with Crippen molar-refractivity contribution in [3.63, 3.8) is 0 Å². The highest BCUT2D eigenvalue weighted by Crippen LogP contribution is 2.27. The molecule has 7 heteroatoms. The summed E-state index contributed by atoms with van der Waals surface area (Å²) in [6, 6.07) is 9.99. The fourth-order valence-corrected chi connectivity index (χ4v) is 3.14. The van der Waals surface area contributed by atoms with Crippen LogP contribution in [0.1, 0.15) is 20.8 Å². The standard InChI is InChI=1S/C15H20N4OS2/c1-10(2)11(3)16-13(20)9-21-15-19-18-14(22-15)17-12-7-5-4-6-8-12/h4-8,10-11H,9H2,1-3H3,(H,16,20)(H,17,18)/t11-/m1/s1. The Morgan fingerprint density at radius 1 is 1.23 bits per heavy atom. The maximum atomic E-state index is 11.8. The molecule has 0 saturated carbocycles. The smallest absolute Gasteiger partial charge is 0.230 e. The van der Waals surface area contributed by atoms with Crippen LogP contribution in [0.5, 0.6) is 0 Å². The number of anilines is 2. The maximum absolute atomic E-state index is 11.8. The second kappa shape index (κ2) is 8.14. The fraction of sp³-hybridized carbons (Fsp3) is 0.400. The first kappa shape index (κ1) is 16.8. The molecule has 0 aliphatic heterocycles. The summed E-state index contributed by atoms with van der Waals surface area (Å²) < 4.78 is 0.783. The summed E-state index contributed by atoms with van der Waals surface area (Å²) >= 11 is 2.85. The number of amides is 1. The van der Waals surface area contributed by atoms with E-state index in [4.69, 9.17) is 0 Å². The zero-order chi connectivity index (χ0) is 15.9. The van der Waals surface area contributed by atoms with Gasteiger partial charge in [-0.05, 0) is 25.0 Å². The van der Waals surface area contributed by atoms with Crippen LogP contribution < -0.4 is 10.6 Å². The molecule has 1 amide bonds. The largest absolute Gasteiger partial charge is 0.353 e. The summed E-state index contributed by atoms with van der Waals surface area (Å²) in [5, 5.41) is 15.1. The summed E-state index contributed by atoms with van der Waals surface area (Å²) in [6.45, 7) is 6.19. The molecular weight excluding hydrogens is 316 g/mol. The van der Waals surface area contributed by atoms with Crippen molar-refractivity contribution in [3.05, 3.63) is 30.3 Å². The number of hydrogen-bond acceptors (Lipinski definition) is 6. The number of carbonyl (C=O) groups excluding carboxylic acids is 1. The van der Waals surface area contributed by atoms with E-state index >= 15 is 0 Å². The van der Waals surface area contributed by atoms with Crippen LogP contribution in [0.15, 0.2) is 34.7 Å². The van der Waals surface area contributed by atoms with Gasteiger partial charge in [-0.15, -0.1) is 10.2 Å². The third kappa shape index (κ3) is 5.31. The average Bonchev–Trinajstić information content (AvgIpc) is 2.93. The third-order valence-corrected chi connectivity index (χ3v) is 5.12. The molecule has 2 N–H and O–H groups in total. The van der Waals surface area contributed by atoms with Crippen LogP contribution in [0.4, 0.5) is 10.8 Å². The van der Waals surface area contributed by atoms with Gasteiger partial charge in [0.1, 0.15) is 0 Å². The van der Waals surface area contributed by atoms with E-state index in [-0.39, 0.29) is 11.9 Å². The molecular formula is C15H20N4OS2. The normalized spacial score (nSPS) is 12.2. The Kier molecular flexibility index (Phi) is 6.21. The molecule has 2 rings (SSSR count). The molecule has 22 heavy (non-hydrogen) atoms. The fourth-order valence-electron chi connectivity index (χ4n) is 1.55. The van der Waals surface area contributed by atoms with E-state index in [2.05, 4.69) is 34.7 Å². The number of para-hydroxylation sites is 1. The highest BCUT2D eigenvalue weighted by molar-refractivity contribution is 8.01. The summed E-state index contributed by atoms with van der Waals surface area (Å²) in [5.74, 6) is 0.813. The molecule has 0 aliphatic rings. The minimum absolute atomic E-state index is 0.0268. The molecule has 0 bridgehead atoms. The SMILES string of the molecule is CC(C)[C@@H](C)NC(=O)CSc1nnc(Nc2ccccc2)s1. The lowest BCUT2D eigenvalue weighted by Gasteiger charge is -2.16. The molecule has 2 aromatic rings. The first-order chi connectivity index (χ1) is 10.5. The van der Waals surface area contributed by atoms with E-state index in [0.717, 1.165) is 15.2 Å². The Balaban J connectivity index is 1.81. The zero-order valence-corrected chi connectivity index (χ0v) is 14.5. The van der Waals surface area contributed by atoms with Crippen molar-refractivity contribution in [2.45, 2.75) is 31.2 Å². The van der Waals surface area contributed by atoms with Crippen molar-refractivity contribution in [2.24, 2.45) is 5.92 Å². The van der Waals surface area contributed by atoms with E-state index in [1.807, 2.05) is 37.3 Å². The minimum Gasteiger partial charge on any atom is -0.353 e. The number of rotatable bonds is 7. The quantitative estimate of drug-likeness (QED) is 0.757. The van der Waals surface area contributed by atoms with Gasteiger partial charge in [-0.25, -0.2) is 0 Å². The molecule has 0 spiro atoms. The third-order valence-electron chi connectivity index (χ3n) is 3.15. The van der Waals surface area contributed by atoms with Gasteiger partial charge < -0.3 is 10.6 Å². The first-order valence-corrected chi connectivity index (χ1v) is 8.92. The lowest BCUT2D eigenvalue weighted by Crippen LogP contribution is -2.37. The topological polar surface area (TPSA) is 66.9 Å². The zero-order valence-electron chi connectivity index (χ0n) is 12.9. The highest BCUT2D eigenvalue weighted by atomic mass is 32.2. The Hall–Kier alpha value is -1.60.